The number of fused-ring (bicyclic) bond motifs is 2. The van der Waals surface area contributed by atoms with Crippen LogP contribution in [0.15, 0.2) is 58.3 Å². The number of ketones is 2. The van der Waals surface area contributed by atoms with Gasteiger partial charge < -0.3 is 16.2 Å². The van der Waals surface area contributed by atoms with Crippen molar-refractivity contribution in [2.75, 3.05) is 16.2 Å². The van der Waals surface area contributed by atoms with Crippen LogP contribution in [0.5, 0.6) is 0 Å². The summed E-state index contributed by atoms with van der Waals surface area (Å²) in [4.78, 5) is 25.3. The third-order valence-corrected chi connectivity index (χ3v) is 7.05. The van der Waals surface area contributed by atoms with Gasteiger partial charge in [0.05, 0.1) is 28.2 Å². The van der Waals surface area contributed by atoms with Gasteiger partial charge in [-0.2, -0.15) is 16.8 Å². The lowest BCUT2D eigenvalue weighted by Crippen LogP contribution is -2.26. The zero-order valence-corrected chi connectivity index (χ0v) is 19.1. The van der Waals surface area contributed by atoms with Crippen LogP contribution in [0.3, 0.4) is 0 Å². The molecule has 1 aliphatic rings. The minimum absolute atomic E-state index is 0.00743. The normalized spacial score (nSPS) is 13.1. The Kier molecular flexibility index (Phi) is 5.84. The van der Waals surface area contributed by atoms with E-state index in [0.717, 1.165) is 12.1 Å². The lowest BCUT2D eigenvalue weighted by atomic mass is 9.82. The van der Waals surface area contributed by atoms with Gasteiger partial charge in [-0.1, -0.05) is 24.3 Å². The van der Waals surface area contributed by atoms with Gasteiger partial charge in [-0.15, -0.1) is 0 Å². The van der Waals surface area contributed by atoms with Crippen molar-refractivity contribution in [3.63, 3.8) is 0 Å². The molecule has 0 unspecified atom stereocenters. The first kappa shape index (κ1) is 24.3. The lowest BCUT2D eigenvalue weighted by molar-refractivity contribution is 0.0980. The molecular formula is C20H17N5O8S2. The van der Waals surface area contributed by atoms with E-state index in [1.165, 1.54) is 36.4 Å². The number of carbonyl (C=O) groups excluding carboxylic acids is 2. The Morgan fingerprint density at radius 1 is 0.686 bits per heavy atom. The first-order chi connectivity index (χ1) is 16.4. The van der Waals surface area contributed by atoms with Gasteiger partial charge in [0, 0.05) is 16.8 Å². The molecule has 3 aromatic carbocycles. The molecule has 0 radical (unpaired) electrons. The van der Waals surface area contributed by atoms with Crippen molar-refractivity contribution < 1.29 is 35.5 Å². The maximum absolute atomic E-state index is 13.4. The molecule has 0 aromatic heterocycles. The summed E-state index contributed by atoms with van der Waals surface area (Å²) in [6.45, 7) is 0. The van der Waals surface area contributed by atoms with Gasteiger partial charge in [0.15, 0.2) is 11.6 Å². The van der Waals surface area contributed by atoms with Gasteiger partial charge in [0.25, 0.3) is 20.2 Å². The Labute approximate surface area is 198 Å². The first-order valence-corrected chi connectivity index (χ1v) is 12.4. The summed E-state index contributed by atoms with van der Waals surface area (Å²) in [6, 6.07) is 10.2. The van der Waals surface area contributed by atoms with Crippen LogP contribution >= 0.6 is 0 Å². The SMILES string of the molecule is NNc1ccc(Nc2cc(S(=O)(=O)O)c(NN)c3c2C(=O)c2ccccc2C3=O)cc1S(=O)(=O)O. The van der Waals surface area contributed by atoms with E-state index >= 15 is 0 Å². The standard InChI is InChI=1S/C20H17N5O8S2/c21-24-12-6-5-9(7-14(12)34(28,29)30)23-13-8-15(35(31,32)33)18(25-22)17-16(13)19(26)10-3-1-2-4-11(10)20(17)27/h1-8,23-25H,21-22H2,(H,28,29,30)(H,31,32,33). The van der Waals surface area contributed by atoms with Gasteiger partial charge in [-0.05, 0) is 24.3 Å². The van der Waals surface area contributed by atoms with Crippen LogP contribution in [-0.2, 0) is 20.2 Å². The van der Waals surface area contributed by atoms with Gasteiger partial charge in [0.1, 0.15) is 9.79 Å². The van der Waals surface area contributed by atoms with Crippen molar-refractivity contribution in [3.8, 4) is 0 Å². The number of hydrogen-bond donors (Lipinski definition) is 7. The van der Waals surface area contributed by atoms with Gasteiger partial charge >= 0.3 is 0 Å². The van der Waals surface area contributed by atoms with Crippen LogP contribution in [0.25, 0.3) is 0 Å². The molecule has 0 bridgehead atoms. The second-order valence-electron chi connectivity index (χ2n) is 7.33. The van der Waals surface area contributed by atoms with E-state index in [-0.39, 0.29) is 33.8 Å². The number of nitrogen functional groups attached to an aromatic ring is 2. The predicted octanol–water partition coefficient (Wildman–Crippen LogP) is 1.27. The first-order valence-electron chi connectivity index (χ1n) is 9.57. The molecule has 0 atom stereocenters. The summed E-state index contributed by atoms with van der Waals surface area (Å²) in [6.07, 6.45) is 0. The number of hydrogen-bond acceptors (Lipinski definition) is 11. The van der Waals surface area contributed by atoms with E-state index in [2.05, 4.69) is 16.2 Å². The molecule has 4 rings (SSSR count). The van der Waals surface area contributed by atoms with Crippen molar-refractivity contribution in [1.82, 2.24) is 0 Å². The smallest absolute Gasteiger partial charge is 0.296 e. The van der Waals surface area contributed by atoms with Crippen LogP contribution in [0, 0.1) is 0 Å². The van der Waals surface area contributed by atoms with Crippen molar-refractivity contribution in [2.24, 2.45) is 11.7 Å². The Morgan fingerprint density at radius 3 is 1.77 bits per heavy atom. The van der Waals surface area contributed by atoms with Crippen LogP contribution in [0.4, 0.5) is 22.7 Å². The fraction of sp³-hybridized carbons (Fsp3) is 0. The average molecular weight is 520 g/mol. The highest BCUT2D eigenvalue weighted by Gasteiger charge is 2.37. The second kappa shape index (κ2) is 8.42. The Morgan fingerprint density at radius 2 is 1.26 bits per heavy atom. The number of nitrogens with one attached hydrogen (secondary N) is 3. The quantitative estimate of drug-likeness (QED) is 0.108. The van der Waals surface area contributed by atoms with E-state index < -0.39 is 52.8 Å². The Balaban J connectivity index is 2.02. The molecule has 0 saturated heterocycles. The molecule has 13 nitrogen and oxygen atoms in total. The maximum Gasteiger partial charge on any atom is 0.296 e. The van der Waals surface area contributed by atoms with Crippen molar-refractivity contribution in [3.05, 3.63) is 70.8 Å². The molecule has 0 spiro atoms. The highest BCUT2D eigenvalue weighted by Crippen LogP contribution is 2.41. The highest BCUT2D eigenvalue weighted by atomic mass is 32.2. The largest absolute Gasteiger partial charge is 0.355 e. The van der Waals surface area contributed by atoms with Gasteiger partial charge in [-0.3, -0.25) is 30.4 Å². The number of benzene rings is 3. The zero-order valence-electron chi connectivity index (χ0n) is 17.4. The summed E-state index contributed by atoms with van der Waals surface area (Å²) in [7, 11) is -9.71. The molecule has 1 aliphatic carbocycles. The maximum atomic E-state index is 13.4. The van der Waals surface area contributed by atoms with E-state index in [4.69, 9.17) is 11.7 Å². The number of rotatable bonds is 6. The molecule has 9 N–H and O–H groups in total. The second-order valence-corrected chi connectivity index (χ2v) is 10.1. The lowest BCUT2D eigenvalue weighted by Gasteiger charge is -2.24. The fourth-order valence-corrected chi connectivity index (χ4v) is 5.17. The number of carbonyl (C=O) groups is 2. The van der Waals surface area contributed by atoms with E-state index in [1.807, 2.05) is 0 Å². The van der Waals surface area contributed by atoms with Crippen molar-refractivity contribution >= 4 is 54.6 Å². The summed E-state index contributed by atoms with van der Waals surface area (Å²) in [5.41, 5.74) is 2.59. The molecule has 0 fully saturated rings. The molecule has 3 aromatic rings. The van der Waals surface area contributed by atoms with Crippen LogP contribution < -0.4 is 27.9 Å². The summed E-state index contributed by atoms with van der Waals surface area (Å²) in [5, 5.41) is 2.68. The van der Waals surface area contributed by atoms with Gasteiger partial charge in [0.2, 0.25) is 0 Å². The van der Waals surface area contributed by atoms with Crippen molar-refractivity contribution in [2.45, 2.75) is 9.79 Å². The molecule has 0 saturated carbocycles. The molecule has 0 amide bonds. The topological polar surface area (TPSA) is 231 Å². The average Bonchev–Trinajstić information content (AvgIpc) is 2.80. The minimum atomic E-state index is -4.96. The van der Waals surface area contributed by atoms with E-state index in [9.17, 15) is 35.5 Å². The summed E-state index contributed by atoms with van der Waals surface area (Å²) < 4.78 is 67.0. The minimum Gasteiger partial charge on any atom is -0.355 e. The van der Waals surface area contributed by atoms with Crippen LogP contribution in [0.2, 0.25) is 0 Å². The molecule has 0 aliphatic heterocycles. The zero-order chi connectivity index (χ0) is 25.7. The van der Waals surface area contributed by atoms with Gasteiger partial charge in [-0.25, -0.2) is 0 Å². The van der Waals surface area contributed by atoms with Crippen LogP contribution in [-0.4, -0.2) is 37.5 Å². The molecule has 15 heteroatoms. The monoisotopic (exact) mass is 519 g/mol. The predicted molar refractivity (Wildman–Crippen MR) is 125 cm³/mol. The molecule has 182 valence electrons. The van der Waals surface area contributed by atoms with Crippen molar-refractivity contribution in [1.29, 1.82) is 0 Å². The Hall–Kier alpha value is -3.86. The summed E-state index contributed by atoms with van der Waals surface area (Å²) >= 11 is 0. The number of hydrazine groups is 2. The van der Waals surface area contributed by atoms with E-state index in [1.54, 1.807) is 0 Å². The third-order valence-electron chi connectivity index (χ3n) is 5.28. The van der Waals surface area contributed by atoms with Crippen LogP contribution in [0.1, 0.15) is 31.8 Å². The highest BCUT2D eigenvalue weighted by molar-refractivity contribution is 7.86. The number of anilines is 4. The molecule has 0 heterocycles. The fourth-order valence-electron chi connectivity index (χ4n) is 3.80. The van der Waals surface area contributed by atoms with E-state index in [0.29, 0.717) is 0 Å². The Bertz CT molecular complexity index is 1640. The third kappa shape index (κ3) is 4.12. The molecule has 35 heavy (non-hydrogen) atoms. The molecular weight excluding hydrogens is 502 g/mol. The number of nitrogens with two attached hydrogens (primary N) is 2. The summed E-state index contributed by atoms with van der Waals surface area (Å²) in [5.74, 6) is 9.36.